The molecule has 1 atom stereocenters. The Kier molecular flexibility index (Phi) is 12.9. The molecule has 0 amide bonds. The van der Waals surface area contributed by atoms with Crippen molar-refractivity contribution in [1.29, 1.82) is 0 Å². The van der Waals surface area contributed by atoms with Crippen LogP contribution in [0.2, 0.25) is 0 Å². The Bertz CT molecular complexity index is 329. The largest absolute Gasteiger partial charge is 0.411 e. The van der Waals surface area contributed by atoms with Gasteiger partial charge in [0.15, 0.2) is 0 Å². The van der Waals surface area contributed by atoms with Gasteiger partial charge in [-0.25, -0.2) is 0 Å². The fraction of sp³-hybridized carbons (Fsp3) is 0.938. The van der Waals surface area contributed by atoms with Gasteiger partial charge in [0.2, 0.25) is 0 Å². The minimum Gasteiger partial charge on any atom is -0.411 e. The molecule has 5 nitrogen and oxygen atoms in total. The fourth-order valence-corrected chi connectivity index (χ4v) is 3.81. The maximum atomic E-state index is 12.9. The molecule has 0 bridgehead atoms. The van der Waals surface area contributed by atoms with Crippen molar-refractivity contribution in [3.05, 3.63) is 0 Å². The second-order valence-corrected chi connectivity index (χ2v) is 8.12. The van der Waals surface area contributed by atoms with Gasteiger partial charge in [-0.05, 0) is 26.7 Å². The summed E-state index contributed by atoms with van der Waals surface area (Å²) in [6, 6.07) is 0. The van der Waals surface area contributed by atoms with E-state index in [2.05, 4.69) is 19.0 Å². The number of nitrogens with zero attached hydrogens (tertiary/aromatic N) is 1. The number of rotatable bonds is 14. The van der Waals surface area contributed by atoms with Crippen LogP contribution in [0, 0.1) is 0 Å². The first kappa shape index (κ1) is 21.6. The lowest BCUT2D eigenvalue weighted by atomic mass is 10.2. The molecule has 22 heavy (non-hydrogen) atoms. The molecule has 0 saturated heterocycles. The normalized spacial score (nSPS) is 14.3. The van der Waals surface area contributed by atoms with Gasteiger partial charge in [0.05, 0.1) is 24.6 Å². The summed E-state index contributed by atoms with van der Waals surface area (Å²) in [4.78, 5) is 0. The predicted octanol–water partition coefficient (Wildman–Crippen LogP) is 5.61. The molecule has 0 heterocycles. The van der Waals surface area contributed by atoms with Crippen molar-refractivity contribution in [2.45, 2.75) is 84.7 Å². The first-order chi connectivity index (χ1) is 10.5. The van der Waals surface area contributed by atoms with E-state index < -0.39 is 13.3 Å². The number of hydrogen-bond donors (Lipinski definition) is 1. The fourth-order valence-electron chi connectivity index (χ4n) is 2.01. The van der Waals surface area contributed by atoms with Gasteiger partial charge in [0.1, 0.15) is 0 Å². The van der Waals surface area contributed by atoms with Crippen LogP contribution in [-0.4, -0.2) is 29.8 Å². The molecule has 1 unspecified atom stereocenters. The van der Waals surface area contributed by atoms with E-state index >= 15 is 0 Å². The van der Waals surface area contributed by atoms with Gasteiger partial charge in [0, 0.05) is 0 Å². The van der Waals surface area contributed by atoms with E-state index in [1.165, 1.54) is 0 Å². The zero-order valence-corrected chi connectivity index (χ0v) is 15.6. The maximum Gasteiger partial charge on any atom is 0.339 e. The molecular formula is C16H34NO4P. The van der Waals surface area contributed by atoms with Crippen LogP contribution < -0.4 is 0 Å². The van der Waals surface area contributed by atoms with Crippen molar-refractivity contribution < 1.29 is 18.8 Å². The van der Waals surface area contributed by atoms with Crippen molar-refractivity contribution >= 4 is 13.3 Å². The molecule has 0 aliphatic heterocycles. The van der Waals surface area contributed by atoms with E-state index in [9.17, 15) is 4.57 Å². The Hall–Kier alpha value is -0.380. The predicted molar refractivity (Wildman–Crippen MR) is 92.2 cm³/mol. The van der Waals surface area contributed by atoms with Crippen LogP contribution in [0.5, 0.6) is 0 Å². The van der Waals surface area contributed by atoms with Gasteiger partial charge in [0.25, 0.3) is 0 Å². The van der Waals surface area contributed by atoms with Crippen LogP contribution in [0.3, 0.4) is 0 Å². The Labute approximate surface area is 136 Å². The molecule has 6 heteroatoms. The summed E-state index contributed by atoms with van der Waals surface area (Å²) >= 11 is 0. The van der Waals surface area contributed by atoms with Crippen LogP contribution in [0.15, 0.2) is 5.16 Å². The van der Waals surface area contributed by atoms with Crippen LogP contribution in [-0.2, 0) is 13.6 Å². The molecule has 1 N–H and O–H groups in total. The van der Waals surface area contributed by atoms with Crippen molar-refractivity contribution in [2.24, 2.45) is 5.16 Å². The van der Waals surface area contributed by atoms with Crippen LogP contribution in [0.1, 0.15) is 79.1 Å². The third-order valence-electron chi connectivity index (χ3n) is 3.77. The molecule has 0 fully saturated rings. The highest BCUT2D eigenvalue weighted by molar-refractivity contribution is 7.55. The highest BCUT2D eigenvalue weighted by Crippen LogP contribution is 2.53. The summed E-state index contributed by atoms with van der Waals surface area (Å²) in [5.74, 6) is 0. The summed E-state index contributed by atoms with van der Waals surface area (Å²) in [6.45, 7) is 8.51. The highest BCUT2D eigenvalue weighted by atomic mass is 31.2. The Balaban J connectivity index is 4.45. The average molecular weight is 335 g/mol. The summed E-state index contributed by atoms with van der Waals surface area (Å²) in [5.41, 5.74) is -0.139. The molecule has 0 radical (unpaired) electrons. The molecular weight excluding hydrogens is 301 g/mol. The van der Waals surface area contributed by atoms with Crippen LogP contribution in [0.25, 0.3) is 0 Å². The quantitative estimate of drug-likeness (QED) is 0.147. The van der Waals surface area contributed by atoms with Crippen molar-refractivity contribution in [3.8, 4) is 0 Å². The van der Waals surface area contributed by atoms with Crippen molar-refractivity contribution in [1.82, 2.24) is 0 Å². The number of unbranched alkanes of at least 4 members (excludes halogenated alkanes) is 6. The molecule has 0 spiro atoms. The van der Waals surface area contributed by atoms with Crippen molar-refractivity contribution in [3.63, 3.8) is 0 Å². The smallest absolute Gasteiger partial charge is 0.339 e. The van der Waals surface area contributed by atoms with E-state index in [-0.39, 0.29) is 0 Å². The van der Waals surface area contributed by atoms with Gasteiger partial charge in [-0.15, -0.1) is 0 Å². The van der Waals surface area contributed by atoms with Crippen molar-refractivity contribution in [2.75, 3.05) is 13.2 Å². The average Bonchev–Trinajstić information content (AvgIpc) is 2.53. The molecule has 0 aromatic rings. The molecule has 0 rings (SSSR count). The SMILES string of the molecule is CCCCCCOP(=O)(OCCCCCC)C(C)C(C)=NO. The minimum absolute atomic E-state index is 0.380. The third-order valence-corrected chi connectivity index (χ3v) is 6.18. The lowest BCUT2D eigenvalue weighted by molar-refractivity contribution is 0.195. The summed E-state index contributed by atoms with van der Waals surface area (Å²) in [7, 11) is -3.27. The molecule has 0 aromatic carbocycles. The van der Waals surface area contributed by atoms with E-state index in [0.29, 0.717) is 18.9 Å². The van der Waals surface area contributed by atoms with Crippen LogP contribution >= 0.6 is 7.60 Å². The zero-order valence-electron chi connectivity index (χ0n) is 14.7. The third kappa shape index (κ3) is 8.92. The number of oxime groups is 1. The lowest BCUT2D eigenvalue weighted by Crippen LogP contribution is -2.18. The Morgan fingerprint density at radius 2 is 1.45 bits per heavy atom. The molecule has 0 aliphatic rings. The van der Waals surface area contributed by atoms with Gasteiger partial charge < -0.3 is 14.3 Å². The molecule has 0 aromatic heterocycles. The maximum absolute atomic E-state index is 12.9. The second-order valence-electron chi connectivity index (χ2n) is 5.74. The van der Waals surface area contributed by atoms with E-state index in [1.807, 2.05) is 0 Å². The summed E-state index contributed by atoms with van der Waals surface area (Å²) < 4.78 is 24.2. The molecule has 132 valence electrons. The van der Waals surface area contributed by atoms with Gasteiger partial charge in [-0.3, -0.25) is 4.57 Å². The second kappa shape index (κ2) is 13.1. The Morgan fingerprint density at radius 1 is 1.00 bits per heavy atom. The van der Waals surface area contributed by atoms with E-state index in [1.54, 1.807) is 13.8 Å². The van der Waals surface area contributed by atoms with Gasteiger partial charge in [-0.1, -0.05) is 57.5 Å². The minimum atomic E-state index is -3.27. The van der Waals surface area contributed by atoms with E-state index in [4.69, 9.17) is 14.3 Å². The Morgan fingerprint density at radius 3 is 1.82 bits per heavy atom. The number of hydrogen-bond acceptors (Lipinski definition) is 5. The summed E-state index contributed by atoms with van der Waals surface area (Å²) in [6.07, 6.45) is 8.48. The highest BCUT2D eigenvalue weighted by Gasteiger charge is 2.34. The van der Waals surface area contributed by atoms with Gasteiger partial charge >= 0.3 is 7.60 Å². The van der Waals surface area contributed by atoms with E-state index in [0.717, 1.165) is 51.4 Å². The topological polar surface area (TPSA) is 68.1 Å². The van der Waals surface area contributed by atoms with Gasteiger partial charge in [-0.2, -0.15) is 0 Å². The monoisotopic (exact) mass is 335 g/mol. The standard InChI is InChI=1S/C16H34NO4P/c1-5-7-9-11-13-20-22(19,16(4)15(3)17-18)21-14-12-10-8-6-2/h16,18H,5-14H2,1-4H3. The first-order valence-electron chi connectivity index (χ1n) is 8.59. The molecule has 0 saturated carbocycles. The zero-order chi connectivity index (χ0) is 16.8. The first-order valence-corrected chi connectivity index (χ1v) is 10.2. The lowest BCUT2D eigenvalue weighted by Gasteiger charge is -2.24. The van der Waals surface area contributed by atoms with Crippen LogP contribution in [0.4, 0.5) is 0 Å². The molecule has 0 aliphatic carbocycles. The summed E-state index contributed by atoms with van der Waals surface area (Å²) in [5, 5.41) is 12.1.